The van der Waals surface area contributed by atoms with E-state index in [1.165, 1.54) is 6.33 Å². The van der Waals surface area contributed by atoms with Gasteiger partial charge in [0.05, 0.1) is 10.9 Å². The minimum Gasteiger partial charge on any atom is -0.316 e. The fourth-order valence-electron chi connectivity index (χ4n) is 1.81. The second-order valence-electron chi connectivity index (χ2n) is 4.39. The Hall–Kier alpha value is -1.77. The van der Waals surface area contributed by atoms with Crippen LogP contribution in [0.25, 0.3) is 0 Å². The number of nitrogens with zero attached hydrogens (tertiary/aromatic N) is 2. The Labute approximate surface area is 117 Å². The highest BCUT2D eigenvalue weighted by atomic mass is 32.2. The Kier molecular flexibility index (Phi) is 4.48. The Balaban J connectivity index is 2.20. The Morgan fingerprint density at radius 3 is 2.85 bits per heavy atom. The van der Waals surface area contributed by atoms with Crippen molar-refractivity contribution in [1.29, 1.82) is 0 Å². The first-order chi connectivity index (χ1) is 9.53. The predicted octanol–water partition coefficient (Wildman–Crippen LogP) is 0.564. The molecule has 8 heteroatoms. The number of hydrogen-bond acceptors (Lipinski definition) is 5. The molecular formula is C12H17N5O2S. The van der Waals surface area contributed by atoms with E-state index in [1.54, 1.807) is 25.1 Å². The van der Waals surface area contributed by atoms with E-state index in [0.29, 0.717) is 12.4 Å². The number of aromatic amines is 1. The van der Waals surface area contributed by atoms with E-state index in [4.69, 9.17) is 0 Å². The van der Waals surface area contributed by atoms with Gasteiger partial charge in [-0.25, -0.2) is 18.1 Å². The van der Waals surface area contributed by atoms with Gasteiger partial charge in [0, 0.05) is 6.54 Å². The van der Waals surface area contributed by atoms with Crippen LogP contribution >= 0.6 is 0 Å². The molecule has 0 saturated heterocycles. The highest BCUT2D eigenvalue weighted by Gasteiger charge is 2.20. The van der Waals surface area contributed by atoms with Crippen LogP contribution in [-0.2, 0) is 16.6 Å². The quantitative estimate of drug-likeness (QED) is 0.723. The summed E-state index contributed by atoms with van der Waals surface area (Å²) in [4.78, 5) is 4.17. The third-order valence-electron chi connectivity index (χ3n) is 2.77. The van der Waals surface area contributed by atoms with Crippen molar-refractivity contribution in [2.24, 2.45) is 0 Å². The van der Waals surface area contributed by atoms with Crippen LogP contribution in [0, 0.1) is 0 Å². The van der Waals surface area contributed by atoms with Crippen molar-refractivity contribution in [2.45, 2.75) is 24.4 Å². The molecule has 0 aliphatic rings. The topological polar surface area (TPSA) is 99.8 Å². The molecule has 0 bridgehead atoms. The maximum absolute atomic E-state index is 12.3. The molecule has 0 aliphatic carbocycles. The van der Waals surface area contributed by atoms with Gasteiger partial charge in [0.1, 0.15) is 12.2 Å². The van der Waals surface area contributed by atoms with Crippen molar-refractivity contribution in [3.8, 4) is 0 Å². The van der Waals surface area contributed by atoms with Crippen molar-refractivity contribution in [2.75, 3.05) is 7.05 Å². The van der Waals surface area contributed by atoms with Crippen LogP contribution in [0.5, 0.6) is 0 Å². The number of H-pyrrole nitrogens is 1. The van der Waals surface area contributed by atoms with Gasteiger partial charge in [0.15, 0.2) is 0 Å². The molecule has 20 heavy (non-hydrogen) atoms. The minimum atomic E-state index is -3.59. The van der Waals surface area contributed by atoms with Gasteiger partial charge in [-0.2, -0.15) is 5.10 Å². The number of benzene rings is 1. The molecule has 0 saturated carbocycles. The SMILES string of the molecule is CNCc1cccc(S(=O)(=O)NC(C)c2ncn[nH]2)c1. The zero-order valence-corrected chi connectivity index (χ0v) is 12.1. The van der Waals surface area contributed by atoms with Crippen molar-refractivity contribution < 1.29 is 8.42 Å². The van der Waals surface area contributed by atoms with Gasteiger partial charge in [-0.3, -0.25) is 5.10 Å². The lowest BCUT2D eigenvalue weighted by Crippen LogP contribution is -2.27. The fourth-order valence-corrected chi connectivity index (χ4v) is 3.08. The summed E-state index contributed by atoms with van der Waals surface area (Å²) in [5.41, 5.74) is 0.905. The summed E-state index contributed by atoms with van der Waals surface area (Å²) in [7, 11) is -1.78. The molecule has 0 fully saturated rings. The smallest absolute Gasteiger partial charge is 0.241 e. The van der Waals surface area contributed by atoms with E-state index in [2.05, 4.69) is 25.2 Å². The summed E-state index contributed by atoms with van der Waals surface area (Å²) in [5, 5.41) is 9.34. The summed E-state index contributed by atoms with van der Waals surface area (Å²) in [6, 6.07) is 6.33. The first kappa shape index (κ1) is 14.6. The first-order valence-corrected chi connectivity index (χ1v) is 7.62. The van der Waals surface area contributed by atoms with Crippen molar-refractivity contribution in [3.63, 3.8) is 0 Å². The van der Waals surface area contributed by atoms with Crippen LogP contribution in [0.4, 0.5) is 0 Å². The van der Waals surface area contributed by atoms with Gasteiger partial charge in [0.2, 0.25) is 10.0 Å². The van der Waals surface area contributed by atoms with Gasteiger partial charge >= 0.3 is 0 Å². The summed E-state index contributed by atoms with van der Waals surface area (Å²) in [5.74, 6) is 0.472. The van der Waals surface area contributed by atoms with E-state index in [1.807, 2.05) is 13.1 Å². The van der Waals surface area contributed by atoms with Gasteiger partial charge in [-0.05, 0) is 31.7 Å². The van der Waals surface area contributed by atoms with Crippen molar-refractivity contribution in [3.05, 3.63) is 42.0 Å². The molecule has 3 N–H and O–H groups in total. The van der Waals surface area contributed by atoms with Crippen LogP contribution < -0.4 is 10.0 Å². The number of nitrogens with one attached hydrogen (secondary N) is 3. The average molecular weight is 295 g/mol. The third kappa shape index (κ3) is 3.41. The Bertz CT molecular complexity index is 654. The van der Waals surface area contributed by atoms with E-state index >= 15 is 0 Å². The van der Waals surface area contributed by atoms with E-state index in [0.717, 1.165) is 5.56 Å². The highest BCUT2D eigenvalue weighted by Crippen LogP contribution is 2.15. The molecule has 2 aromatic rings. The van der Waals surface area contributed by atoms with Gasteiger partial charge < -0.3 is 5.32 Å². The molecule has 108 valence electrons. The number of sulfonamides is 1. The molecule has 1 aromatic carbocycles. The van der Waals surface area contributed by atoms with Crippen LogP contribution in [-0.4, -0.2) is 30.6 Å². The van der Waals surface area contributed by atoms with Gasteiger partial charge in [0.25, 0.3) is 0 Å². The lowest BCUT2D eigenvalue weighted by atomic mass is 10.2. The molecule has 7 nitrogen and oxygen atoms in total. The third-order valence-corrected chi connectivity index (χ3v) is 4.30. The summed E-state index contributed by atoms with van der Waals surface area (Å²) in [6.45, 7) is 2.32. The standard InChI is InChI=1S/C12H17N5O2S/c1-9(12-14-8-15-16-12)17-20(18,19)11-5-3-4-10(6-11)7-13-2/h3-6,8-9,13,17H,7H2,1-2H3,(H,14,15,16). The van der Waals surface area contributed by atoms with E-state index in [9.17, 15) is 8.42 Å². The first-order valence-electron chi connectivity index (χ1n) is 6.14. The molecule has 0 radical (unpaired) electrons. The second kappa shape index (κ2) is 6.12. The fraction of sp³-hybridized carbons (Fsp3) is 0.333. The molecule has 1 atom stereocenters. The van der Waals surface area contributed by atoms with Crippen LogP contribution in [0.15, 0.2) is 35.5 Å². The Morgan fingerprint density at radius 2 is 2.20 bits per heavy atom. The zero-order valence-electron chi connectivity index (χ0n) is 11.3. The molecule has 2 rings (SSSR count). The van der Waals surface area contributed by atoms with Crippen molar-refractivity contribution in [1.82, 2.24) is 25.2 Å². The Morgan fingerprint density at radius 1 is 1.40 bits per heavy atom. The molecule has 1 aromatic heterocycles. The maximum Gasteiger partial charge on any atom is 0.241 e. The van der Waals surface area contributed by atoms with Crippen LogP contribution in [0.3, 0.4) is 0 Å². The number of hydrogen-bond donors (Lipinski definition) is 3. The average Bonchev–Trinajstić information content (AvgIpc) is 2.93. The summed E-state index contributed by atoms with van der Waals surface area (Å²) >= 11 is 0. The minimum absolute atomic E-state index is 0.233. The molecular weight excluding hydrogens is 278 g/mol. The van der Waals surface area contributed by atoms with Crippen LogP contribution in [0.2, 0.25) is 0 Å². The van der Waals surface area contributed by atoms with Gasteiger partial charge in [-0.15, -0.1) is 0 Å². The molecule has 0 spiro atoms. The van der Waals surface area contributed by atoms with Crippen LogP contribution in [0.1, 0.15) is 24.4 Å². The summed E-state index contributed by atoms with van der Waals surface area (Å²) in [6.07, 6.45) is 1.34. The molecule has 1 unspecified atom stereocenters. The normalized spacial score (nSPS) is 13.3. The zero-order chi connectivity index (χ0) is 14.6. The maximum atomic E-state index is 12.3. The highest BCUT2D eigenvalue weighted by molar-refractivity contribution is 7.89. The molecule has 1 heterocycles. The van der Waals surface area contributed by atoms with E-state index in [-0.39, 0.29) is 4.90 Å². The lowest BCUT2D eigenvalue weighted by Gasteiger charge is -2.12. The van der Waals surface area contributed by atoms with E-state index < -0.39 is 16.1 Å². The molecule has 0 amide bonds. The van der Waals surface area contributed by atoms with Gasteiger partial charge in [-0.1, -0.05) is 12.1 Å². The predicted molar refractivity (Wildman–Crippen MR) is 74.3 cm³/mol. The number of rotatable bonds is 6. The number of aromatic nitrogens is 3. The monoisotopic (exact) mass is 295 g/mol. The van der Waals surface area contributed by atoms with Crippen molar-refractivity contribution >= 4 is 10.0 Å². The lowest BCUT2D eigenvalue weighted by molar-refractivity contribution is 0.560. The summed E-state index contributed by atoms with van der Waals surface area (Å²) < 4.78 is 27.2. The molecule has 0 aliphatic heterocycles. The second-order valence-corrected chi connectivity index (χ2v) is 6.11. The largest absolute Gasteiger partial charge is 0.316 e.